The zero-order valence-corrected chi connectivity index (χ0v) is 22.5. The summed E-state index contributed by atoms with van der Waals surface area (Å²) < 4.78 is 11.7. The van der Waals surface area contributed by atoms with Crippen molar-refractivity contribution in [2.24, 2.45) is 0 Å². The second kappa shape index (κ2) is 9.77. The Bertz CT molecular complexity index is 1070. The van der Waals surface area contributed by atoms with Crippen LogP contribution in [-0.4, -0.2) is 57.2 Å². The van der Waals surface area contributed by atoms with E-state index in [0.717, 1.165) is 10.5 Å². The highest BCUT2D eigenvalue weighted by Crippen LogP contribution is 2.28. The van der Waals surface area contributed by atoms with Gasteiger partial charge in [0.05, 0.1) is 11.1 Å². The Morgan fingerprint density at radius 3 is 1.76 bits per heavy atom. The molecule has 7 nitrogen and oxygen atoms in total. The highest BCUT2D eigenvalue weighted by atomic mass is 28.4. The number of hydrogen-bond acceptors (Lipinski definition) is 6. The average molecular weight is 498 g/mol. The Hall–Kier alpha value is -2.89. The van der Waals surface area contributed by atoms with E-state index in [1.54, 1.807) is 24.3 Å². The van der Waals surface area contributed by atoms with Crippen molar-refractivity contribution in [2.45, 2.75) is 57.8 Å². The summed E-state index contributed by atoms with van der Waals surface area (Å²) in [4.78, 5) is 54.6. The maximum absolute atomic E-state index is 13.9. The van der Waals surface area contributed by atoms with Gasteiger partial charge >= 0.3 is 5.97 Å². The maximum Gasteiger partial charge on any atom is 0.328 e. The Kier molecular flexibility index (Phi) is 7.39. The predicted molar refractivity (Wildman–Crippen MR) is 134 cm³/mol. The van der Waals surface area contributed by atoms with Crippen LogP contribution in [0.15, 0.2) is 54.6 Å². The quantitative estimate of drug-likeness (QED) is 0.295. The first-order valence-electron chi connectivity index (χ1n) is 11.2. The van der Waals surface area contributed by atoms with Crippen LogP contribution in [0.1, 0.15) is 26.3 Å². The fraction of sp³-hybridized carbons (Fsp3) is 0.360. The van der Waals surface area contributed by atoms with Gasteiger partial charge in [-0.1, -0.05) is 42.5 Å². The van der Waals surface area contributed by atoms with E-state index in [4.69, 9.17) is 8.85 Å². The summed E-state index contributed by atoms with van der Waals surface area (Å²) in [5, 5.41) is 0. The van der Waals surface area contributed by atoms with E-state index < -0.39 is 52.3 Å². The average Bonchev–Trinajstić information content (AvgIpc) is 2.99. The molecule has 34 heavy (non-hydrogen) atoms. The molecule has 2 aromatic carbocycles. The van der Waals surface area contributed by atoms with Crippen LogP contribution < -0.4 is 0 Å². The van der Waals surface area contributed by atoms with E-state index in [0.29, 0.717) is 0 Å². The molecule has 1 aliphatic rings. The van der Waals surface area contributed by atoms with E-state index in [1.165, 1.54) is 0 Å². The van der Waals surface area contributed by atoms with Crippen molar-refractivity contribution >= 4 is 40.2 Å². The molecular formula is C25H31NO6Si2. The molecule has 2 amide bonds. The van der Waals surface area contributed by atoms with Gasteiger partial charge in [-0.15, -0.1) is 0 Å². The minimum atomic E-state index is -2.39. The van der Waals surface area contributed by atoms with Gasteiger partial charge in [0.2, 0.25) is 14.4 Å². The van der Waals surface area contributed by atoms with Gasteiger partial charge in [-0.05, 0) is 57.0 Å². The number of Topliss-reactive ketones (excluding diaryl/α,β-unsaturated/α-hetero) is 1. The minimum Gasteiger partial charge on any atom is -0.518 e. The molecule has 0 radical (unpaired) electrons. The summed E-state index contributed by atoms with van der Waals surface area (Å²) in [5.74, 6) is -2.52. The van der Waals surface area contributed by atoms with E-state index in [1.807, 2.05) is 69.6 Å². The van der Waals surface area contributed by atoms with E-state index in [-0.39, 0.29) is 17.5 Å². The minimum absolute atomic E-state index is 0.0664. The number of rotatable bonds is 9. The number of carbonyl (C=O) groups is 4. The third kappa shape index (κ3) is 5.96. The van der Waals surface area contributed by atoms with Crippen molar-refractivity contribution in [3.8, 4) is 0 Å². The van der Waals surface area contributed by atoms with Gasteiger partial charge in [0.15, 0.2) is 14.1 Å². The Balaban J connectivity index is 2.05. The van der Waals surface area contributed by atoms with Crippen LogP contribution in [-0.2, 0) is 24.9 Å². The van der Waals surface area contributed by atoms with Crippen LogP contribution in [0, 0.1) is 0 Å². The van der Waals surface area contributed by atoms with Crippen molar-refractivity contribution in [2.75, 3.05) is 0 Å². The van der Waals surface area contributed by atoms with Crippen molar-refractivity contribution in [3.05, 3.63) is 71.3 Å². The number of carbonyl (C=O) groups excluding carboxylic acids is 4. The first kappa shape index (κ1) is 25.7. The summed E-state index contributed by atoms with van der Waals surface area (Å²) >= 11 is 0. The highest BCUT2D eigenvalue weighted by Gasteiger charge is 2.47. The third-order valence-corrected chi connectivity index (χ3v) is 6.84. The van der Waals surface area contributed by atoms with Crippen LogP contribution in [0.25, 0.3) is 0 Å². The van der Waals surface area contributed by atoms with Crippen molar-refractivity contribution in [3.63, 3.8) is 0 Å². The summed E-state index contributed by atoms with van der Waals surface area (Å²) in [6.45, 7) is 11.1. The molecule has 0 fully saturated rings. The van der Waals surface area contributed by atoms with Crippen LogP contribution in [0.4, 0.5) is 0 Å². The number of nitrogens with zero attached hydrogens (tertiary/aromatic N) is 1. The molecule has 0 aromatic heterocycles. The van der Waals surface area contributed by atoms with Gasteiger partial charge in [-0.3, -0.25) is 24.1 Å². The molecule has 0 spiro atoms. The molecule has 1 unspecified atom stereocenters. The van der Waals surface area contributed by atoms with Gasteiger partial charge in [-0.25, -0.2) is 0 Å². The molecule has 0 aliphatic carbocycles. The van der Waals surface area contributed by atoms with Crippen molar-refractivity contribution < 1.29 is 28.0 Å². The van der Waals surface area contributed by atoms with Gasteiger partial charge < -0.3 is 8.85 Å². The van der Waals surface area contributed by atoms with Crippen molar-refractivity contribution in [1.82, 2.24) is 4.90 Å². The maximum atomic E-state index is 13.9. The summed E-state index contributed by atoms with van der Waals surface area (Å²) in [6, 6.07) is 14.3. The molecule has 0 saturated carbocycles. The van der Waals surface area contributed by atoms with Crippen LogP contribution in [0.3, 0.4) is 0 Å². The fourth-order valence-corrected chi connectivity index (χ4v) is 5.38. The number of hydrogen-bond donors (Lipinski definition) is 0. The molecule has 0 bridgehead atoms. The number of amides is 2. The van der Waals surface area contributed by atoms with Gasteiger partial charge in [0.25, 0.3) is 11.8 Å². The number of fused-ring (bicyclic) bond motifs is 1. The van der Waals surface area contributed by atoms with Gasteiger partial charge in [0.1, 0.15) is 6.04 Å². The third-order valence-electron chi connectivity index (χ3n) is 5.09. The smallest absolute Gasteiger partial charge is 0.328 e. The predicted octanol–water partition coefficient (Wildman–Crippen LogP) is 4.06. The largest absolute Gasteiger partial charge is 0.518 e. The molecule has 9 heteroatoms. The van der Waals surface area contributed by atoms with Gasteiger partial charge in [0, 0.05) is 6.42 Å². The monoisotopic (exact) mass is 497 g/mol. The second-order valence-electron chi connectivity index (χ2n) is 10.3. The van der Waals surface area contributed by atoms with E-state index in [9.17, 15) is 19.2 Å². The molecule has 1 heterocycles. The SMILES string of the molecule is C[Si](C)(C)OC(=O)C(O[Si](C)(C)C)C(=O)[C@H](Cc1ccccc1)N1C(=O)c2ccccc2C1=O. The molecule has 3 rings (SSSR count). The highest BCUT2D eigenvalue weighted by molar-refractivity contribution is 6.72. The molecule has 180 valence electrons. The lowest BCUT2D eigenvalue weighted by Gasteiger charge is -2.32. The van der Waals surface area contributed by atoms with Crippen LogP contribution >= 0.6 is 0 Å². The molecule has 2 aromatic rings. The number of ketones is 1. The molecule has 2 atom stereocenters. The Morgan fingerprint density at radius 1 is 0.794 bits per heavy atom. The lowest BCUT2D eigenvalue weighted by Crippen LogP contribution is -2.55. The van der Waals surface area contributed by atoms with Crippen LogP contribution in [0.2, 0.25) is 39.3 Å². The zero-order valence-electron chi connectivity index (χ0n) is 20.5. The van der Waals surface area contributed by atoms with Gasteiger partial charge in [-0.2, -0.15) is 0 Å². The molecular weight excluding hydrogens is 466 g/mol. The summed E-state index contributed by atoms with van der Waals surface area (Å²) in [5.41, 5.74) is 1.24. The summed E-state index contributed by atoms with van der Waals surface area (Å²) in [7, 11) is -4.73. The lowest BCUT2D eigenvalue weighted by molar-refractivity contribution is -0.150. The number of benzene rings is 2. The van der Waals surface area contributed by atoms with E-state index >= 15 is 0 Å². The Morgan fingerprint density at radius 2 is 1.29 bits per heavy atom. The van der Waals surface area contributed by atoms with Crippen molar-refractivity contribution in [1.29, 1.82) is 0 Å². The second-order valence-corrected chi connectivity index (χ2v) is 19.2. The Labute approximate surface area is 202 Å². The summed E-state index contributed by atoms with van der Waals surface area (Å²) in [6.07, 6.45) is -1.45. The first-order valence-corrected chi connectivity index (χ1v) is 18.1. The molecule has 1 aliphatic heterocycles. The standard InChI is InChI=1S/C25H31NO6Si2/c1-33(2,3)31-22(25(30)32-34(4,5)6)21(27)20(16-17-12-8-7-9-13-17)26-23(28)18-14-10-11-15-19(18)24(26)29/h7-15,20,22H,16H2,1-6H3/t20-,22?/m0/s1. The first-order chi connectivity index (χ1) is 15.8. The normalized spacial score (nSPS) is 15.6. The number of imide groups is 1. The van der Waals surface area contributed by atoms with E-state index in [2.05, 4.69) is 0 Å². The molecule has 0 N–H and O–H groups in total. The fourth-order valence-electron chi connectivity index (χ4n) is 3.75. The molecule has 0 saturated heterocycles. The lowest BCUT2D eigenvalue weighted by atomic mass is 9.97. The van der Waals surface area contributed by atoms with Crippen LogP contribution in [0.5, 0.6) is 0 Å². The topological polar surface area (TPSA) is 90.0 Å². The zero-order chi connectivity index (χ0) is 25.3.